The average Bonchev–Trinajstić information content (AvgIpc) is 3.07. The van der Waals surface area contributed by atoms with Gasteiger partial charge in [0, 0.05) is 0 Å². The zero-order valence-electron chi connectivity index (χ0n) is 10.2. The molecule has 0 saturated heterocycles. The normalized spacial score (nSPS) is 11.8. The van der Waals surface area contributed by atoms with Gasteiger partial charge in [-0.2, -0.15) is 5.10 Å². The summed E-state index contributed by atoms with van der Waals surface area (Å²) in [5.74, 6) is -0.0573. The number of carbonyl (C=O) groups is 2. The van der Waals surface area contributed by atoms with Crippen LogP contribution in [0, 0.1) is 0 Å². The van der Waals surface area contributed by atoms with Gasteiger partial charge in [0.2, 0.25) is 5.91 Å². The summed E-state index contributed by atoms with van der Waals surface area (Å²) in [5, 5.41) is 11.4. The highest BCUT2D eigenvalue weighted by molar-refractivity contribution is 5.94. The third-order valence-corrected chi connectivity index (χ3v) is 2.38. The molecule has 0 aliphatic heterocycles. The van der Waals surface area contributed by atoms with Gasteiger partial charge in [-0.15, -0.1) is 0 Å². The minimum Gasteiger partial charge on any atom is -0.459 e. The lowest BCUT2D eigenvalue weighted by Gasteiger charge is -2.11. The van der Waals surface area contributed by atoms with Gasteiger partial charge in [-0.1, -0.05) is 0 Å². The minimum absolute atomic E-state index is 0.141. The van der Waals surface area contributed by atoms with E-state index in [0.29, 0.717) is 5.82 Å². The third-order valence-electron chi connectivity index (χ3n) is 2.38. The lowest BCUT2D eigenvalue weighted by Crippen LogP contribution is -2.38. The van der Waals surface area contributed by atoms with Gasteiger partial charge in [-0.3, -0.25) is 14.7 Å². The number of furan rings is 1. The highest BCUT2D eigenvalue weighted by Gasteiger charge is 2.14. The molecule has 0 aliphatic rings. The maximum Gasteiger partial charge on any atom is 0.287 e. The molecule has 19 heavy (non-hydrogen) atoms. The molecule has 0 saturated carbocycles. The Hall–Kier alpha value is -2.64. The van der Waals surface area contributed by atoms with Crippen molar-refractivity contribution in [2.75, 3.05) is 6.54 Å². The highest BCUT2D eigenvalue weighted by atomic mass is 16.3. The van der Waals surface area contributed by atoms with Gasteiger partial charge < -0.3 is 15.1 Å². The summed E-state index contributed by atoms with van der Waals surface area (Å²) in [6, 6.07) is 2.81. The number of carbonyl (C=O) groups excluding carboxylic acids is 2. The van der Waals surface area contributed by atoms with Crippen molar-refractivity contribution in [3.05, 3.63) is 36.3 Å². The van der Waals surface area contributed by atoms with Crippen LogP contribution in [0.4, 0.5) is 0 Å². The van der Waals surface area contributed by atoms with E-state index in [1.54, 1.807) is 13.0 Å². The highest BCUT2D eigenvalue weighted by Crippen LogP contribution is 2.03. The summed E-state index contributed by atoms with van der Waals surface area (Å²) in [4.78, 5) is 27.0. The predicted molar refractivity (Wildman–Crippen MR) is 64.0 cm³/mol. The van der Waals surface area contributed by atoms with Crippen molar-refractivity contribution in [3.63, 3.8) is 0 Å². The molecular formula is C11H13N5O3. The van der Waals surface area contributed by atoms with Crippen LogP contribution in [0.5, 0.6) is 0 Å². The molecule has 100 valence electrons. The number of nitrogens with one attached hydrogen (secondary N) is 3. The SMILES string of the molecule is CC(NC(=O)CNC(=O)c1ccco1)c1ncn[nH]1. The second-order valence-electron chi connectivity index (χ2n) is 3.82. The van der Waals surface area contributed by atoms with Crippen LogP contribution in [0.25, 0.3) is 0 Å². The van der Waals surface area contributed by atoms with Gasteiger partial charge in [0.05, 0.1) is 18.8 Å². The topological polar surface area (TPSA) is 113 Å². The Morgan fingerprint density at radius 3 is 3.00 bits per heavy atom. The molecule has 2 amide bonds. The van der Waals surface area contributed by atoms with Crippen molar-refractivity contribution >= 4 is 11.8 Å². The fourth-order valence-electron chi connectivity index (χ4n) is 1.44. The van der Waals surface area contributed by atoms with Gasteiger partial charge in [0.1, 0.15) is 12.2 Å². The summed E-state index contributed by atoms with van der Waals surface area (Å²) in [7, 11) is 0. The Labute approximate surface area is 108 Å². The second-order valence-corrected chi connectivity index (χ2v) is 3.82. The van der Waals surface area contributed by atoms with Crippen molar-refractivity contribution in [2.24, 2.45) is 0 Å². The molecular weight excluding hydrogens is 250 g/mol. The zero-order valence-corrected chi connectivity index (χ0v) is 10.2. The summed E-state index contributed by atoms with van der Waals surface area (Å²) in [6.07, 6.45) is 2.75. The second kappa shape index (κ2) is 5.80. The summed E-state index contributed by atoms with van der Waals surface area (Å²) >= 11 is 0. The van der Waals surface area contributed by atoms with Crippen LogP contribution in [-0.2, 0) is 4.79 Å². The van der Waals surface area contributed by atoms with Crippen LogP contribution in [0.1, 0.15) is 29.3 Å². The fourth-order valence-corrected chi connectivity index (χ4v) is 1.44. The lowest BCUT2D eigenvalue weighted by molar-refractivity contribution is -0.120. The molecule has 8 heteroatoms. The first-order valence-electron chi connectivity index (χ1n) is 5.63. The maximum atomic E-state index is 11.6. The predicted octanol–water partition coefficient (Wildman–Crippen LogP) is 0.00490. The van der Waals surface area contributed by atoms with Gasteiger partial charge in [0.15, 0.2) is 5.76 Å². The van der Waals surface area contributed by atoms with E-state index in [1.807, 2.05) is 0 Å². The summed E-state index contributed by atoms with van der Waals surface area (Å²) in [6.45, 7) is 1.62. The number of aromatic amines is 1. The average molecular weight is 263 g/mol. The maximum absolute atomic E-state index is 11.6. The van der Waals surface area contributed by atoms with Crippen LogP contribution in [0.15, 0.2) is 29.1 Å². The number of hydrogen-bond donors (Lipinski definition) is 3. The van der Waals surface area contributed by atoms with Crippen molar-refractivity contribution in [1.29, 1.82) is 0 Å². The Morgan fingerprint density at radius 2 is 2.37 bits per heavy atom. The minimum atomic E-state index is -0.438. The lowest BCUT2D eigenvalue weighted by atomic mass is 10.3. The monoisotopic (exact) mass is 263 g/mol. The molecule has 0 radical (unpaired) electrons. The quantitative estimate of drug-likeness (QED) is 0.703. The molecule has 2 rings (SSSR count). The number of amides is 2. The van der Waals surface area contributed by atoms with Gasteiger partial charge in [0.25, 0.3) is 5.91 Å². The van der Waals surface area contributed by atoms with Crippen LogP contribution in [-0.4, -0.2) is 33.5 Å². The first-order valence-corrected chi connectivity index (χ1v) is 5.63. The van der Waals surface area contributed by atoms with E-state index < -0.39 is 5.91 Å². The molecule has 8 nitrogen and oxygen atoms in total. The van der Waals surface area contributed by atoms with E-state index in [-0.39, 0.29) is 24.3 Å². The first-order chi connectivity index (χ1) is 9.16. The fraction of sp³-hybridized carbons (Fsp3) is 0.273. The molecule has 0 spiro atoms. The molecule has 3 N–H and O–H groups in total. The molecule has 2 aromatic heterocycles. The molecule has 2 aromatic rings. The Balaban J connectivity index is 1.77. The molecule has 0 aromatic carbocycles. The number of rotatable bonds is 5. The molecule has 1 atom stereocenters. The van der Waals surface area contributed by atoms with E-state index in [9.17, 15) is 9.59 Å². The van der Waals surface area contributed by atoms with Crippen molar-refractivity contribution in [3.8, 4) is 0 Å². The Morgan fingerprint density at radius 1 is 1.53 bits per heavy atom. The van der Waals surface area contributed by atoms with E-state index in [4.69, 9.17) is 4.42 Å². The number of H-pyrrole nitrogens is 1. The van der Waals surface area contributed by atoms with Crippen molar-refractivity contribution in [1.82, 2.24) is 25.8 Å². The van der Waals surface area contributed by atoms with Crippen molar-refractivity contribution in [2.45, 2.75) is 13.0 Å². The van der Waals surface area contributed by atoms with Crippen LogP contribution in [0.2, 0.25) is 0 Å². The Kier molecular flexibility index (Phi) is 3.91. The summed E-state index contributed by atoms with van der Waals surface area (Å²) < 4.78 is 4.90. The van der Waals surface area contributed by atoms with Gasteiger partial charge >= 0.3 is 0 Å². The molecule has 0 fully saturated rings. The van der Waals surface area contributed by atoms with Crippen LogP contribution < -0.4 is 10.6 Å². The molecule has 1 unspecified atom stereocenters. The largest absolute Gasteiger partial charge is 0.459 e. The van der Waals surface area contributed by atoms with Crippen molar-refractivity contribution < 1.29 is 14.0 Å². The van der Waals surface area contributed by atoms with Gasteiger partial charge in [-0.05, 0) is 19.1 Å². The van der Waals surface area contributed by atoms with E-state index in [2.05, 4.69) is 25.8 Å². The third kappa shape index (κ3) is 3.41. The summed E-state index contributed by atoms with van der Waals surface area (Å²) in [5.41, 5.74) is 0. The van der Waals surface area contributed by atoms with E-state index >= 15 is 0 Å². The molecule has 2 heterocycles. The zero-order chi connectivity index (χ0) is 13.7. The first kappa shape index (κ1) is 12.8. The van der Waals surface area contributed by atoms with E-state index in [0.717, 1.165) is 0 Å². The van der Waals surface area contributed by atoms with E-state index in [1.165, 1.54) is 18.7 Å². The standard InChI is InChI=1S/C11H13N5O3/c1-7(10-13-6-14-16-10)15-9(17)5-12-11(18)8-3-2-4-19-8/h2-4,6-7H,5H2,1H3,(H,12,18)(H,15,17)(H,13,14,16). The molecule has 0 bridgehead atoms. The van der Waals surface area contributed by atoms with Gasteiger partial charge in [-0.25, -0.2) is 4.98 Å². The Bertz CT molecular complexity index is 535. The smallest absolute Gasteiger partial charge is 0.287 e. The number of nitrogens with zero attached hydrogens (tertiary/aromatic N) is 2. The van der Waals surface area contributed by atoms with Crippen LogP contribution in [0.3, 0.4) is 0 Å². The van der Waals surface area contributed by atoms with Crippen LogP contribution >= 0.6 is 0 Å². The number of hydrogen-bond acceptors (Lipinski definition) is 5. The number of aromatic nitrogens is 3. The molecule has 0 aliphatic carbocycles.